The van der Waals surface area contributed by atoms with Gasteiger partial charge in [-0.3, -0.25) is 19.3 Å². The fourth-order valence-corrected chi connectivity index (χ4v) is 4.68. The summed E-state index contributed by atoms with van der Waals surface area (Å²) in [5.41, 5.74) is 1.63. The zero-order valence-electron chi connectivity index (χ0n) is 17.9. The third kappa shape index (κ3) is 6.64. The second-order valence-electron chi connectivity index (χ2n) is 6.75. The van der Waals surface area contributed by atoms with Crippen molar-refractivity contribution >= 4 is 69.1 Å². The van der Waals surface area contributed by atoms with Crippen molar-refractivity contribution in [3.63, 3.8) is 0 Å². The summed E-state index contributed by atoms with van der Waals surface area (Å²) in [6, 6.07) is 11.0. The van der Waals surface area contributed by atoms with Crippen molar-refractivity contribution in [2.24, 2.45) is 0 Å². The SMILES string of the molecule is CCOC(=O)CN1C(=O)S/C(=C/c2cc(I)c(OCc3ccc(Cl)cc3)c(OCC)c2)C1=O. The monoisotopic (exact) mass is 601 g/mol. The molecule has 1 saturated heterocycles. The predicted molar refractivity (Wildman–Crippen MR) is 135 cm³/mol. The highest BCUT2D eigenvalue weighted by atomic mass is 127. The first-order chi connectivity index (χ1) is 15.8. The van der Waals surface area contributed by atoms with E-state index in [9.17, 15) is 14.4 Å². The molecule has 0 unspecified atom stereocenters. The van der Waals surface area contributed by atoms with Gasteiger partial charge in [-0.2, -0.15) is 0 Å². The van der Waals surface area contributed by atoms with E-state index >= 15 is 0 Å². The van der Waals surface area contributed by atoms with Crippen LogP contribution in [0.5, 0.6) is 11.5 Å². The molecular weight excluding hydrogens is 581 g/mol. The normalized spacial score (nSPS) is 14.7. The third-order valence-electron chi connectivity index (χ3n) is 4.39. The Labute approximate surface area is 214 Å². The first kappa shape index (κ1) is 25.4. The Hall–Kier alpha value is -2.24. The maximum atomic E-state index is 12.6. The van der Waals surface area contributed by atoms with Crippen LogP contribution in [0, 0.1) is 3.57 Å². The molecule has 0 saturated carbocycles. The molecule has 2 amide bonds. The molecule has 0 aromatic heterocycles. The molecule has 0 atom stereocenters. The Morgan fingerprint density at radius 2 is 1.85 bits per heavy atom. The lowest BCUT2D eigenvalue weighted by atomic mass is 10.1. The number of carbonyl (C=O) groups excluding carboxylic acids is 3. The van der Waals surface area contributed by atoms with E-state index in [1.54, 1.807) is 31.2 Å². The van der Waals surface area contributed by atoms with Crippen molar-refractivity contribution < 1.29 is 28.6 Å². The minimum absolute atomic E-state index is 0.177. The molecule has 2 aromatic carbocycles. The van der Waals surface area contributed by atoms with Gasteiger partial charge < -0.3 is 14.2 Å². The van der Waals surface area contributed by atoms with Gasteiger partial charge in [0.25, 0.3) is 11.1 Å². The maximum absolute atomic E-state index is 12.6. The van der Waals surface area contributed by atoms with Crippen molar-refractivity contribution in [3.8, 4) is 11.5 Å². The molecule has 3 rings (SSSR count). The van der Waals surface area contributed by atoms with Gasteiger partial charge in [-0.1, -0.05) is 23.7 Å². The summed E-state index contributed by atoms with van der Waals surface area (Å²) in [6.45, 7) is 4.05. The fourth-order valence-electron chi connectivity index (χ4n) is 2.93. The number of nitrogens with zero attached hydrogens (tertiary/aromatic N) is 1. The van der Waals surface area contributed by atoms with Crippen LogP contribution in [0.4, 0.5) is 4.79 Å². The van der Waals surface area contributed by atoms with Crippen LogP contribution >= 0.6 is 46.0 Å². The molecule has 174 valence electrons. The standard InChI is InChI=1S/C23H21ClINO6S/c1-3-30-18-10-15(9-17(25)21(18)32-13-14-5-7-16(24)8-6-14)11-19-22(28)26(23(29)33-19)12-20(27)31-4-2/h5-11H,3-4,12-13H2,1-2H3/b19-11+. The number of imide groups is 1. The van der Waals surface area contributed by atoms with Crippen molar-refractivity contribution in [3.05, 3.63) is 61.0 Å². The summed E-state index contributed by atoms with van der Waals surface area (Å²) in [6.07, 6.45) is 1.60. The van der Waals surface area contributed by atoms with Crippen molar-refractivity contribution in [1.29, 1.82) is 0 Å². The highest BCUT2D eigenvalue weighted by Crippen LogP contribution is 2.38. The average molecular weight is 602 g/mol. The highest BCUT2D eigenvalue weighted by Gasteiger charge is 2.36. The second kappa shape index (κ2) is 11.8. The molecule has 0 aliphatic carbocycles. The molecule has 0 bridgehead atoms. The van der Waals surface area contributed by atoms with Gasteiger partial charge in [0.15, 0.2) is 11.5 Å². The Morgan fingerprint density at radius 1 is 1.12 bits per heavy atom. The fraction of sp³-hybridized carbons (Fsp3) is 0.261. The Kier molecular flexibility index (Phi) is 9.04. The van der Waals surface area contributed by atoms with Gasteiger partial charge in [0, 0.05) is 5.02 Å². The topological polar surface area (TPSA) is 82.1 Å². The lowest BCUT2D eigenvalue weighted by Gasteiger charge is -2.15. The number of halogens is 2. The van der Waals surface area contributed by atoms with Gasteiger partial charge >= 0.3 is 5.97 Å². The molecule has 33 heavy (non-hydrogen) atoms. The summed E-state index contributed by atoms with van der Waals surface area (Å²) in [7, 11) is 0. The van der Waals surface area contributed by atoms with E-state index in [4.69, 9.17) is 25.8 Å². The lowest BCUT2D eigenvalue weighted by Crippen LogP contribution is -2.34. The summed E-state index contributed by atoms with van der Waals surface area (Å²) in [5.74, 6) is -0.0548. The van der Waals surface area contributed by atoms with E-state index < -0.39 is 23.7 Å². The summed E-state index contributed by atoms with van der Waals surface area (Å²) in [5, 5.41) is 0.140. The lowest BCUT2D eigenvalue weighted by molar-refractivity contribution is -0.145. The minimum atomic E-state index is -0.628. The Bertz CT molecular complexity index is 1090. The van der Waals surface area contributed by atoms with E-state index in [0.717, 1.165) is 25.8 Å². The second-order valence-corrected chi connectivity index (χ2v) is 9.34. The Morgan fingerprint density at radius 3 is 2.52 bits per heavy atom. The first-order valence-corrected chi connectivity index (χ1v) is 12.3. The molecule has 10 heteroatoms. The summed E-state index contributed by atoms with van der Waals surface area (Å²) < 4.78 is 17.4. The highest BCUT2D eigenvalue weighted by molar-refractivity contribution is 14.1. The molecule has 0 N–H and O–H groups in total. The minimum Gasteiger partial charge on any atom is -0.490 e. The van der Waals surface area contributed by atoms with Gasteiger partial charge in [-0.15, -0.1) is 0 Å². The molecule has 2 aromatic rings. The molecule has 0 radical (unpaired) electrons. The number of ether oxygens (including phenoxy) is 3. The van der Waals surface area contributed by atoms with Crippen LogP contribution in [0.1, 0.15) is 25.0 Å². The molecule has 1 aliphatic rings. The smallest absolute Gasteiger partial charge is 0.326 e. The first-order valence-electron chi connectivity index (χ1n) is 10.1. The Balaban J connectivity index is 1.81. The van der Waals surface area contributed by atoms with E-state index in [1.165, 1.54) is 0 Å². The predicted octanol–water partition coefficient (Wildman–Crippen LogP) is 5.52. The number of benzene rings is 2. The van der Waals surface area contributed by atoms with E-state index in [1.807, 2.05) is 25.1 Å². The number of thioether (sulfide) groups is 1. The van der Waals surface area contributed by atoms with Gasteiger partial charge in [-0.25, -0.2) is 0 Å². The number of hydrogen-bond acceptors (Lipinski definition) is 7. The maximum Gasteiger partial charge on any atom is 0.326 e. The molecule has 1 aliphatic heterocycles. The van der Waals surface area contributed by atoms with Crippen LogP contribution in [-0.2, 0) is 20.9 Å². The van der Waals surface area contributed by atoms with E-state index in [2.05, 4.69) is 22.6 Å². The molecule has 7 nitrogen and oxygen atoms in total. The molecule has 1 fully saturated rings. The molecule has 1 heterocycles. The van der Waals surface area contributed by atoms with Gasteiger partial charge in [0.1, 0.15) is 13.2 Å². The molecular formula is C23H21ClINO6S. The van der Waals surface area contributed by atoms with Gasteiger partial charge in [0.05, 0.1) is 21.7 Å². The average Bonchev–Trinajstić information content (AvgIpc) is 3.02. The number of amides is 2. The number of rotatable bonds is 9. The summed E-state index contributed by atoms with van der Waals surface area (Å²) in [4.78, 5) is 37.7. The third-order valence-corrected chi connectivity index (χ3v) is 6.35. The van der Waals surface area contributed by atoms with Gasteiger partial charge in [-0.05, 0) is 89.7 Å². The number of carbonyl (C=O) groups is 3. The van der Waals surface area contributed by atoms with E-state index in [0.29, 0.717) is 35.3 Å². The zero-order valence-corrected chi connectivity index (χ0v) is 21.7. The van der Waals surface area contributed by atoms with Crippen LogP contribution in [-0.4, -0.2) is 41.8 Å². The van der Waals surface area contributed by atoms with Crippen LogP contribution in [0.15, 0.2) is 41.3 Å². The largest absolute Gasteiger partial charge is 0.490 e. The van der Waals surface area contributed by atoms with Crippen LogP contribution in [0.3, 0.4) is 0 Å². The number of hydrogen-bond donors (Lipinski definition) is 0. The van der Waals surface area contributed by atoms with Gasteiger partial charge in [0.2, 0.25) is 0 Å². The quantitative estimate of drug-likeness (QED) is 0.213. The zero-order chi connectivity index (χ0) is 24.0. The van der Waals surface area contributed by atoms with Crippen molar-refractivity contribution in [1.82, 2.24) is 4.90 Å². The van der Waals surface area contributed by atoms with Crippen molar-refractivity contribution in [2.45, 2.75) is 20.5 Å². The number of esters is 1. The molecule has 0 spiro atoms. The van der Waals surface area contributed by atoms with Crippen LogP contribution in [0.2, 0.25) is 5.02 Å². The summed E-state index contributed by atoms with van der Waals surface area (Å²) >= 11 is 8.85. The van der Waals surface area contributed by atoms with Crippen molar-refractivity contribution in [2.75, 3.05) is 19.8 Å². The van der Waals surface area contributed by atoms with Crippen LogP contribution < -0.4 is 9.47 Å². The van der Waals surface area contributed by atoms with E-state index in [-0.39, 0.29) is 11.5 Å². The van der Waals surface area contributed by atoms with Crippen LogP contribution in [0.25, 0.3) is 6.08 Å².